The van der Waals surface area contributed by atoms with Gasteiger partial charge in [0.25, 0.3) is 0 Å². The summed E-state index contributed by atoms with van der Waals surface area (Å²) >= 11 is 0. The highest BCUT2D eigenvalue weighted by Gasteiger charge is 1.99. The molecular weight excluding hydrogens is 193 g/mol. The molecule has 0 saturated heterocycles. The predicted molar refractivity (Wildman–Crippen MR) is 59.6 cm³/mol. The molecule has 0 unspecified atom stereocenters. The molecule has 0 heterocycles. The molecule has 1 rings (SSSR count). The quantitative estimate of drug-likeness (QED) is 0.808. The first-order valence-corrected chi connectivity index (χ1v) is 5.00. The zero-order valence-corrected chi connectivity index (χ0v) is 8.87. The number of rotatable bonds is 5. The van der Waals surface area contributed by atoms with Gasteiger partial charge in [0.05, 0.1) is 12.9 Å². The van der Waals surface area contributed by atoms with Gasteiger partial charge in [-0.05, 0) is 36.6 Å². The Morgan fingerprint density at radius 2 is 2.07 bits per heavy atom. The maximum Gasteiger partial charge on any atom is 0.119 e. The molecular formula is C12H16FNO. The number of halogens is 1. The molecule has 0 saturated carbocycles. The van der Waals surface area contributed by atoms with Gasteiger partial charge in [-0.15, -0.1) is 0 Å². The lowest BCUT2D eigenvalue weighted by Gasteiger charge is -2.05. The third-order valence-corrected chi connectivity index (χ3v) is 2.08. The average Bonchev–Trinajstić information content (AvgIpc) is 2.28. The molecule has 0 fully saturated rings. The van der Waals surface area contributed by atoms with Crippen LogP contribution in [0.2, 0.25) is 0 Å². The van der Waals surface area contributed by atoms with Crippen LogP contribution in [0.25, 0.3) is 0 Å². The van der Waals surface area contributed by atoms with Gasteiger partial charge in [-0.1, -0.05) is 12.1 Å². The van der Waals surface area contributed by atoms with E-state index in [9.17, 15) is 4.39 Å². The molecule has 82 valence electrons. The van der Waals surface area contributed by atoms with Crippen molar-refractivity contribution in [2.45, 2.75) is 13.3 Å². The fourth-order valence-corrected chi connectivity index (χ4v) is 1.29. The summed E-state index contributed by atoms with van der Waals surface area (Å²) in [5.41, 5.74) is 7.01. The minimum Gasteiger partial charge on any atom is -0.494 e. The molecule has 1 aromatic rings. The number of benzene rings is 1. The fraction of sp³-hybridized carbons (Fsp3) is 0.333. The van der Waals surface area contributed by atoms with Crippen LogP contribution in [-0.2, 0) is 6.42 Å². The summed E-state index contributed by atoms with van der Waals surface area (Å²) in [5.74, 6) is 0.833. The summed E-state index contributed by atoms with van der Waals surface area (Å²) in [6, 6.07) is 7.60. The van der Waals surface area contributed by atoms with Crippen molar-refractivity contribution < 1.29 is 9.13 Å². The Morgan fingerprint density at radius 1 is 1.40 bits per heavy atom. The molecule has 0 amide bonds. The van der Waals surface area contributed by atoms with Crippen LogP contribution in [0.3, 0.4) is 0 Å². The fourth-order valence-electron chi connectivity index (χ4n) is 1.29. The maximum atomic E-state index is 12.3. The van der Waals surface area contributed by atoms with Crippen molar-refractivity contribution in [3.8, 4) is 5.75 Å². The summed E-state index contributed by atoms with van der Waals surface area (Å²) in [5, 5.41) is 0. The topological polar surface area (TPSA) is 35.2 Å². The molecule has 15 heavy (non-hydrogen) atoms. The Kier molecular flexibility index (Phi) is 4.84. The molecule has 0 bridgehead atoms. The van der Waals surface area contributed by atoms with Crippen LogP contribution < -0.4 is 10.5 Å². The number of ether oxygens (including phenoxy) is 1. The number of hydrogen-bond donors (Lipinski definition) is 1. The van der Waals surface area contributed by atoms with Gasteiger partial charge in [0.1, 0.15) is 5.75 Å². The van der Waals surface area contributed by atoms with Gasteiger partial charge in [0.15, 0.2) is 0 Å². The van der Waals surface area contributed by atoms with Crippen molar-refractivity contribution in [1.29, 1.82) is 0 Å². The molecule has 0 atom stereocenters. The first kappa shape index (κ1) is 11.7. The summed E-state index contributed by atoms with van der Waals surface area (Å²) < 4.78 is 17.6. The molecule has 0 aliphatic carbocycles. The van der Waals surface area contributed by atoms with Gasteiger partial charge < -0.3 is 10.5 Å². The van der Waals surface area contributed by atoms with Crippen molar-refractivity contribution in [2.75, 3.05) is 13.2 Å². The summed E-state index contributed by atoms with van der Waals surface area (Å²) in [7, 11) is 0. The van der Waals surface area contributed by atoms with Crippen LogP contribution in [0.5, 0.6) is 5.75 Å². The summed E-state index contributed by atoms with van der Waals surface area (Å²) in [6.45, 7) is 2.84. The van der Waals surface area contributed by atoms with E-state index in [1.54, 1.807) is 0 Å². The first-order valence-electron chi connectivity index (χ1n) is 5.00. The normalized spacial score (nSPS) is 11.5. The Morgan fingerprint density at radius 3 is 2.53 bits per heavy atom. The van der Waals surface area contributed by atoms with E-state index in [4.69, 9.17) is 10.5 Å². The van der Waals surface area contributed by atoms with E-state index in [-0.39, 0.29) is 6.54 Å². The van der Waals surface area contributed by atoms with E-state index < -0.39 is 0 Å². The van der Waals surface area contributed by atoms with E-state index in [1.165, 1.54) is 0 Å². The Hall–Kier alpha value is -1.35. The van der Waals surface area contributed by atoms with Crippen LogP contribution in [0.1, 0.15) is 12.5 Å². The molecule has 1 aromatic carbocycles. The van der Waals surface area contributed by atoms with Gasteiger partial charge in [0, 0.05) is 6.54 Å². The first-order chi connectivity index (χ1) is 7.30. The van der Waals surface area contributed by atoms with Crippen LogP contribution >= 0.6 is 0 Å². The highest BCUT2D eigenvalue weighted by molar-refractivity contribution is 5.29. The molecule has 0 aliphatic heterocycles. The van der Waals surface area contributed by atoms with Gasteiger partial charge in [-0.2, -0.15) is 0 Å². The third kappa shape index (κ3) is 3.72. The molecule has 3 heteroatoms. The Bertz CT molecular complexity index is 319. The van der Waals surface area contributed by atoms with Crippen molar-refractivity contribution in [1.82, 2.24) is 0 Å². The van der Waals surface area contributed by atoms with Crippen molar-refractivity contribution in [2.24, 2.45) is 5.73 Å². The standard InChI is InChI=1S/C12H16FNO/c1-2-15-12-5-3-10(4-6-12)7-11(8-13)9-14/h3-6,8H,2,7,9,14H2,1H3/b11-8+. The smallest absolute Gasteiger partial charge is 0.119 e. The van der Waals surface area contributed by atoms with Crippen molar-refractivity contribution in [3.63, 3.8) is 0 Å². The van der Waals surface area contributed by atoms with Crippen LogP contribution in [0.15, 0.2) is 36.2 Å². The Labute approximate surface area is 89.6 Å². The minimum atomic E-state index is 0.254. The third-order valence-electron chi connectivity index (χ3n) is 2.08. The van der Waals surface area contributed by atoms with Gasteiger partial charge in [0.2, 0.25) is 0 Å². The maximum absolute atomic E-state index is 12.3. The lowest BCUT2D eigenvalue weighted by molar-refractivity contribution is 0.340. The molecule has 2 nitrogen and oxygen atoms in total. The lowest BCUT2D eigenvalue weighted by Crippen LogP contribution is -2.05. The SMILES string of the molecule is CCOc1ccc(C/C(=C\F)CN)cc1. The van der Waals surface area contributed by atoms with E-state index in [2.05, 4.69) is 0 Å². The van der Waals surface area contributed by atoms with E-state index in [0.717, 1.165) is 11.3 Å². The molecule has 0 aromatic heterocycles. The summed E-state index contributed by atoms with van der Waals surface area (Å²) in [4.78, 5) is 0. The second kappa shape index (κ2) is 6.19. The van der Waals surface area contributed by atoms with Crippen LogP contribution in [0, 0.1) is 0 Å². The second-order valence-electron chi connectivity index (χ2n) is 3.23. The largest absolute Gasteiger partial charge is 0.494 e. The summed E-state index contributed by atoms with van der Waals surface area (Å²) in [6.07, 6.45) is 1.13. The number of hydrogen-bond acceptors (Lipinski definition) is 2. The van der Waals surface area contributed by atoms with Crippen molar-refractivity contribution >= 4 is 0 Å². The van der Waals surface area contributed by atoms with Crippen LogP contribution in [-0.4, -0.2) is 13.2 Å². The van der Waals surface area contributed by atoms with Crippen LogP contribution in [0.4, 0.5) is 4.39 Å². The molecule has 2 N–H and O–H groups in total. The highest BCUT2D eigenvalue weighted by atomic mass is 19.1. The highest BCUT2D eigenvalue weighted by Crippen LogP contribution is 2.14. The Balaban J connectivity index is 2.64. The molecule has 0 radical (unpaired) electrons. The average molecular weight is 209 g/mol. The van der Waals surface area contributed by atoms with E-state index >= 15 is 0 Å². The molecule has 0 aliphatic rings. The van der Waals surface area contributed by atoms with Gasteiger partial charge in [-0.3, -0.25) is 0 Å². The molecule has 0 spiro atoms. The van der Waals surface area contributed by atoms with E-state index in [0.29, 0.717) is 24.9 Å². The zero-order valence-electron chi connectivity index (χ0n) is 8.87. The minimum absolute atomic E-state index is 0.254. The second-order valence-corrected chi connectivity index (χ2v) is 3.23. The van der Waals surface area contributed by atoms with E-state index in [1.807, 2.05) is 31.2 Å². The zero-order chi connectivity index (χ0) is 11.1. The van der Waals surface area contributed by atoms with Gasteiger partial charge in [-0.25, -0.2) is 4.39 Å². The van der Waals surface area contributed by atoms with Gasteiger partial charge >= 0.3 is 0 Å². The monoisotopic (exact) mass is 209 g/mol. The predicted octanol–water partition coefficient (Wildman–Crippen LogP) is 2.44. The van der Waals surface area contributed by atoms with Crippen molar-refractivity contribution in [3.05, 3.63) is 41.7 Å². The lowest BCUT2D eigenvalue weighted by atomic mass is 10.1. The number of nitrogens with two attached hydrogens (primary N) is 1.